The molecule has 1 aromatic rings. The minimum Gasteiger partial charge on any atom is -0.799 e. The van der Waals surface area contributed by atoms with Crippen molar-refractivity contribution in [3.05, 3.63) is 24.5 Å². The van der Waals surface area contributed by atoms with Gasteiger partial charge in [0.2, 0.25) is 0 Å². The van der Waals surface area contributed by atoms with Gasteiger partial charge in [-0.25, -0.2) is 12.1 Å². The second kappa shape index (κ2) is 3.39. The van der Waals surface area contributed by atoms with Gasteiger partial charge in [-0.05, 0) is 0 Å². The maximum Gasteiger partial charge on any atom is 2.00 e. The van der Waals surface area contributed by atoms with Gasteiger partial charge in [0.05, 0.1) is 0 Å². The molecule has 1 nitrogen and oxygen atoms in total. The maximum absolute atomic E-state index is 3.60. The topological polar surface area (TPSA) is 14.1 Å². The first-order chi connectivity index (χ1) is 2.50. The summed E-state index contributed by atoms with van der Waals surface area (Å²) in [6.45, 7) is 0. The molecule has 0 aliphatic carbocycles. The molecule has 1 rings (SSSR count). The second-order valence-electron chi connectivity index (χ2n) is 0.766. The summed E-state index contributed by atoms with van der Waals surface area (Å²) < 4.78 is 0. The van der Waals surface area contributed by atoms with Crippen molar-refractivity contribution in [2.45, 2.75) is 0 Å². The van der Waals surface area contributed by atoms with E-state index < -0.39 is 0 Å². The molecule has 0 N–H and O–H groups in total. The van der Waals surface area contributed by atoms with E-state index in [0.717, 1.165) is 0 Å². The van der Waals surface area contributed by atoms with E-state index in [-0.39, 0.29) is 27.3 Å². The van der Waals surface area contributed by atoms with Crippen molar-refractivity contribution in [1.82, 2.24) is 4.98 Å². The van der Waals surface area contributed by atoms with E-state index in [0.29, 0.717) is 0 Å². The van der Waals surface area contributed by atoms with Crippen LogP contribution in [0, 0.1) is 6.20 Å². The van der Waals surface area contributed by atoms with Gasteiger partial charge in [-0.3, -0.25) is 0 Å². The normalized spacial score (nSPS) is 6.67. The molecule has 1 aromatic heterocycles. The third kappa shape index (κ3) is 1.59. The fourth-order valence-corrected chi connectivity index (χ4v) is 0.215. The number of hydrogen-bond donors (Lipinski definition) is 0. The summed E-state index contributed by atoms with van der Waals surface area (Å²) in [6.07, 6.45) is 4.31. The largest absolute Gasteiger partial charge is 2.00 e. The van der Waals surface area contributed by atoms with Crippen LogP contribution in [-0.4, -0.2) is 27.3 Å². The molecule has 1 heterocycles. The Morgan fingerprint density at radius 2 is 2.33 bits per heavy atom. The Balaban J connectivity index is 0.000000250. The average Bonchev–Trinajstić information content (AvgIpc) is 1.76. The van der Waals surface area contributed by atoms with Gasteiger partial charge in [-0.1, -0.05) is 0 Å². The van der Waals surface area contributed by atoms with Crippen LogP contribution < -0.4 is 4.98 Å². The molecule has 0 aliphatic rings. The van der Waals surface area contributed by atoms with Crippen molar-refractivity contribution in [2.24, 2.45) is 0 Å². The predicted octanol–water partition coefficient (Wildman–Crippen LogP) is 0.0632. The van der Waals surface area contributed by atoms with E-state index in [1.54, 1.807) is 12.3 Å². The van der Waals surface area contributed by atoms with Gasteiger partial charge in [-0.15, -0.1) is 0 Å². The Morgan fingerprint density at radius 1 is 1.50 bits per heavy atom. The minimum absolute atomic E-state index is 0. The fourth-order valence-electron chi connectivity index (χ4n) is 0.215. The van der Waals surface area contributed by atoms with Gasteiger partial charge in [0.25, 0.3) is 0 Å². The molecule has 6 heavy (non-hydrogen) atoms. The first-order valence-corrected chi connectivity index (χ1v) is 1.44. The number of aromatic nitrogens is 1. The minimum atomic E-state index is 0. The average molecular weight is 272 g/mol. The van der Waals surface area contributed by atoms with Crippen LogP contribution >= 0.6 is 0 Å². The monoisotopic (exact) mass is 273 g/mol. The third-order valence-electron chi connectivity index (χ3n) is 0.406. The van der Waals surface area contributed by atoms with Gasteiger partial charge < -0.3 is 17.4 Å². The smallest absolute Gasteiger partial charge is 0.799 e. The van der Waals surface area contributed by atoms with Gasteiger partial charge >= 0.3 is 27.3 Å². The third-order valence-corrected chi connectivity index (χ3v) is 0.406. The van der Waals surface area contributed by atoms with Crippen molar-refractivity contribution in [3.8, 4) is 0 Å². The molecule has 28 valence electrons. The van der Waals surface area contributed by atoms with Crippen LogP contribution in [0.2, 0.25) is 0 Å². The molecule has 0 saturated heterocycles. The van der Waals surface area contributed by atoms with Crippen molar-refractivity contribution in [1.29, 1.82) is 0 Å². The van der Waals surface area contributed by atoms with Crippen molar-refractivity contribution >= 4 is 27.3 Å². The zero-order chi connectivity index (χ0) is 3.54. The van der Waals surface area contributed by atoms with E-state index in [1.165, 1.54) is 0 Å². The first kappa shape index (κ1) is 6.20. The summed E-state index contributed by atoms with van der Waals surface area (Å²) in [4.78, 5) is 3.60. The molecule has 0 aliphatic heterocycles. The molecule has 0 unspecified atom stereocenters. The van der Waals surface area contributed by atoms with E-state index in [2.05, 4.69) is 11.2 Å². The Morgan fingerprint density at radius 3 is 2.50 bits per heavy atom. The molecule has 0 amide bonds. The molecule has 0 bridgehead atoms. The van der Waals surface area contributed by atoms with Gasteiger partial charge in [-0.2, -0.15) is 0 Å². The second-order valence-corrected chi connectivity index (χ2v) is 0.766. The molecule has 0 spiro atoms. The quantitative estimate of drug-likeness (QED) is 0.481. The first-order valence-electron chi connectivity index (χ1n) is 1.44. The fraction of sp³-hybridized carbons (Fsp3) is 0. The molecular formula is C4H3NPb. The van der Waals surface area contributed by atoms with Crippen LogP contribution in [-0.2, 0) is 0 Å². The molecule has 0 saturated carbocycles. The number of hydrogen-bond acceptors (Lipinski definition) is 0. The Bertz CT molecular complexity index is 64.0. The molecular weight excluding hydrogens is 269 g/mol. The summed E-state index contributed by atoms with van der Waals surface area (Å²) in [5.41, 5.74) is 0. The van der Waals surface area contributed by atoms with Crippen LogP contribution in [0.1, 0.15) is 0 Å². The summed E-state index contributed by atoms with van der Waals surface area (Å²) in [5, 5.41) is 0. The zero-order valence-electron chi connectivity index (χ0n) is 3.18. The van der Waals surface area contributed by atoms with Crippen LogP contribution in [0.4, 0.5) is 0 Å². The molecule has 2 heteroatoms. The van der Waals surface area contributed by atoms with Crippen molar-refractivity contribution < 1.29 is 0 Å². The molecule has 0 fully saturated rings. The summed E-state index contributed by atoms with van der Waals surface area (Å²) in [6, 6.07) is 3.60. The van der Waals surface area contributed by atoms with Crippen LogP contribution in [0.3, 0.4) is 0 Å². The molecule has 2 radical (unpaired) electrons. The van der Waals surface area contributed by atoms with E-state index in [4.69, 9.17) is 0 Å². The Labute approximate surface area is 56.9 Å². The summed E-state index contributed by atoms with van der Waals surface area (Å²) in [7, 11) is 0. The van der Waals surface area contributed by atoms with Crippen LogP contribution in [0.15, 0.2) is 18.3 Å². The zero-order valence-corrected chi connectivity index (χ0v) is 7.07. The van der Waals surface area contributed by atoms with Gasteiger partial charge in [0, 0.05) is 0 Å². The van der Waals surface area contributed by atoms with Gasteiger partial charge in [0.15, 0.2) is 0 Å². The summed E-state index contributed by atoms with van der Waals surface area (Å²) >= 11 is 0. The maximum atomic E-state index is 3.60. The standard InChI is InChI=1S/C4H3N.Pb/c1-2-4-5-3-1;/h1-3H;/q-2;+2. The molecule has 0 atom stereocenters. The van der Waals surface area contributed by atoms with Gasteiger partial charge in [0.1, 0.15) is 0 Å². The molecule has 0 aromatic carbocycles. The predicted molar refractivity (Wildman–Crippen MR) is 24.4 cm³/mol. The van der Waals surface area contributed by atoms with E-state index >= 15 is 0 Å². The number of nitrogens with zero attached hydrogens (tertiary/aromatic N) is 1. The Hall–Kier alpha value is 0.202. The SMILES string of the molecule is [Pb+2].[c-]1ccc[n-]1. The van der Waals surface area contributed by atoms with Crippen molar-refractivity contribution in [3.63, 3.8) is 0 Å². The summed E-state index contributed by atoms with van der Waals surface area (Å²) in [5.74, 6) is 0. The van der Waals surface area contributed by atoms with E-state index in [9.17, 15) is 0 Å². The van der Waals surface area contributed by atoms with E-state index in [1.807, 2.05) is 6.07 Å². The van der Waals surface area contributed by atoms with Crippen molar-refractivity contribution in [2.75, 3.05) is 0 Å². The Kier molecular flexibility index (Phi) is 3.51. The van der Waals surface area contributed by atoms with Crippen LogP contribution in [0.25, 0.3) is 0 Å². The number of rotatable bonds is 0. The van der Waals surface area contributed by atoms with Crippen LogP contribution in [0.5, 0.6) is 0 Å².